The zero-order chi connectivity index (χ0) is 15.1. The molecule has 0 atom stereocenters. The van der Waals surface area contributed by atoms with Gasteiger partial charge in [-0.3, -0.25) is 4.79 Å². The van der Waals surface area contributed by atoms with Crippen molar-refractivity contribution in [3.63, 3.8) is 0 Å². The van der Waals surface area contributed by atoms with Crippen molar-refractivity contribution < 1.29 is 9.90 Å². The highest BCUT2D eigenvalue weighted by atomic mass is 16.2. The van der Waals surface area contributed by atoms with Crippen LogP contribution in [0.15, 0.2) is 18.2 Å². The lowest BCUT2D eigenvalue weighted by molar-refractivity contribution is 0.0948. The van der Waals surface area contributed by atoms with Gasteiger partial charge in [-0.2, -0.15) is 0 Å². The zero-order valence-corrected chi connectivity index (χ0v) is 12.6. The van der Waals surface area contributed by atoms with Crippen LogP contribution in [0.3, 0.4) is 0 Å². The predicted molar refractivity (Wildman–Crippen MR) is 84.1 cm³/mol. The lowest BCUT2D eigenvalue weighted by atomic mass is 9.83. The molecule has 0 bridgehead atoms. The number of aliphatic hydroxyl groups excluding tert-OH is 1. The third-order valence-corrected chi connectivity index (χ3v) is 3.94. The molecule has 1 aromatic rings. The normalized spacial score (nSPS) is 14.0. The van der Waals surface area contributed by atoms with Crippen molar-refractivity contribution >= 4 is 5.91 Å². The number of carbonyl (C=O) groups is 1. The van der Waals surface area contributed by atoms with E-state index in [1.165, 1.54) is 19.3 Å². The number of carbonyl (C=O) groups excluding carboxylic acids is 1. The average Bonchev–Trinajstić information content (AvgIpc) is 2.43. The van der Waals surface area contributed by atoms with E-state index in [9.17, 15) is 4.79 Å². The van der Waals surface area contributed by atoms with Gasteiger partial charge in [0, 0.05) is 18.5 Å². The van der Waals surface area contributed by atoms with Gasteiger partial charge >= 0.3 is 0 Å². The maximum absolute atomic E-state index is 12.3. The SMILES string of the molecule is Cc1ccc(C#CCCO)c(C(=O)NCCC2CCC2)c1. The third-order valence-electron chi connectivity index (χ3n) is 3.94. The van der Waals surface area contributed by atoms with Gasteiger partial charge in [0.2, 0.25) is 0 Å². The van der Waals surface area contributed by atoms with Gasteiger partial charge in [0.1, 0.15) is 0 Å². The van der Waals surface area contributed by atoms with E-state index in [0.717, 1.165) is 30.0 Å². The molecule has 21 heavy (non-hydrogen) atoms. The number of amides is 1. The highest BCUT2D eigenvalue weighted by molar-refractivity contribution is 5.96. The minimum Gasteiger partial charge on any atom is -0.395 e. The molecule has 112 valence electrons. The number of nitrogens with one attached hydrogen (secondary N) is 1. The topological polar surface area (TPSA) is 49.3 Å². The molecule has 1 aliphatic carbocycles. The molecule has 1 aromatic carbocycles. The summed E-state index contributed by atoms with van der Waals surface area (Å²) in [5.41, 5.74) is 2.41. The second-order valence-corrected chi connectivity index (χ2v) is 5.67. The van der Waals surface area contributed by atoms with E-state index < -0.39 is 0 Å². The van der Waals surface area contributed by atoms with E-state index in [4.69, 9.17) is 5.11 Å². The van der Waals surface area contributed by atoms with Crippen molar-refractivity contribution in [1.29, 1.82) is 0 Å². The highest BCUT2D eigenvalue weighted by Crippen LogP contribution is 2.28. The minimum absolute atomic E-state index is 0.0434. The Balaban J connectivity index is 2.00. The number of benzene rings is 1. The van der Waals surface area contributed by atoms with E-state index >= 15 is 0 Å². The van der Waals surface area contributed by atoms with Gasteiger partial charge in [0.15, 0.2) is 0 Å². The van der Waals surface area contributed by atoms with E-state index in [1.54, 1.807) is 0 Å². The zero-order valence-electron chi connectivity index (χ0n) is 12.6. The Kier molecular flexibility index (Phi) is 5.83. The van der Waals surface area contributed by atoms with Gasteiger partial charge in [-0.15, -0.1) is 0 Å². The Labute approximate surface area is 126 Å². The molecular weight excluding hydrogens is 262 g/mol. The van der Waals surface area contributed by atoms with Crippen LogP contribution in [-0.2, 0) is 0 Å². The molecule has 0 saturated heterocycles. The first kappa shape index (κ1) is 15.6. The molecule has 2 N–H and O–H groups in total. The van der Waals surface area contributed by atoms with E-state index in [0.29, 0.717) is 12.0 Å². The summed E-state index contributed by atoms with van der Waals surface area (Å²) >= 11 is 0. The first-order chi connectivity index (χ1) is 10.2. The van der Waals surface area contributed by atoms with Gasteiger partial charge in [-0.25, -0.2) is 0 Å². The number of hydrogen-bond donors (Lipinski definition) is 2. The van der Waals surface area contributed by atoms with Crippen molar-refractivity contribution in [3.05, 3.63) is 34.9 Å². The van der Waals surface area contributed by atoms with Crippen LogP contribution in [0.25, 0.3) is 0 Å². The third kappa shape index (κ3) is 4.61. The largest absolute Gasteiger partial charge is 0.395 e. The molecule has 0 unspecified atom stereocenters. The van der Waals surface area contributed by atoms with Crippen molar-refractivity contribution in [2.75, 3.05) is 13.2 Å². The summed E-state index contributed by atoms with van der Waals surface area (Å²) in [6.07, 6.45) is 5.44. The predicted octanol–water partition coefficient (Wildman–Crippen LogP) is 2.65. The molecule has 0 aromatic heterocycles. The summed E-state index contributed by atoms with van der Waals surface area (Å²) in [4.78, 5) is 12.3. The van der Waals surface area contributed by atoms with Crippen molar-refractivity contribution in [1.82, 2.24) is 5.32 Å². The van der Waals surface area contributed by atoms with Gasteiger partial charge in [0.25, 0.3) is 5.91 Å². The van der Waals surface area contributed by atoms with E-state index in [1.807, 2.05) is 25.1 Å². The van der Waals surface area contributed by atoms with Crippen molar-refractivity contribution in [2.24, 2.45) is 5.92 Å². The number of hydrogen-bond acceptors (Lipinski definition) is 2. The smallest absolute Gasteiger partial charge is 0.252 e. The summed E-state index contributed by atoms with van der Waals surface area (Å²) in [5, 5.41) is 11.8. The lowest BCUT2D eigenvalue weighted by Gasteiger charge is -2.25. The Bertz CT molecular complexity index is 550. The monoisotopic (exact) mass is 285 g/mol. The summed E-state index contributed by atoms with van der Waals surface area (Å²) in [6.45, 7) is 2.75. The maximum Gasteiger partial charge on any atom is 0.252 e. The van der Waals surface area contributed by atoms with E-state index in [2.05, 4.69) is 17.2 Å². The quantitative estimate of drug-likeness (QED) is 0.817. The van der Waals surface area contributed by atoms with Gasteiger partial charge in [-0.05, 0) is 31.4 Å². The van der Waals surface area contributed by atoms with Crippen LogP contribution in [0.4, 0.5) is 0 Å². The maximum atomic E-state index is 12.3. The van der Waals surface area contributed by atoms with Gasteiger partial charge in [0.05, 0.1) is 12.2 Å². The van der Waals surface area contributed by atoms with Crippen LogP contribution in [0.1, 0.15) is 53.6 Å². The van der Waals surface area contributed by atoms with Crippen LogP contribution < -0.4 is 5.32 Å². The fourth-order valence-electron chi connectivity index (χ4n) is 2.44. The summed E-state index contributed by atoms with van der Waals surface area (Å²) in [7, 11) is 0. The van der Waals surface area contributed by atoms with Crippen LogP contribution in [-0.4, -0.2) is 24.2 Å². The van der Waals surface area contributed by atoms with E-state index in [-0.39, 0.29) is 12.5 Å². The molecule has 1 fully saturated rings. The first-order valence-corrected chi connectivity index (χ1v) is 7.69. The molecule has 3 heteroatoms. The molecular formula is C18H23NO2. The number of rotatable bonds is 5. The lowest BCUT2D eigenvalue weighted by Crippen LogP contribution is -2.28. The molecule has 1 amide bonds. The molecule has 1 saturated carbocycles. The summed E-state index contributed by atoms with van der Waals surface area (Å²) in [6, 6.07) is 5.70. The highest BCUT2D eigenvalue weighted by Gasteiger charge is 2.17. The Morgan fingerprint density at radius 1 is 1.43 bits per heavy atom. The van der Waals surface area contributed by atoms with Crippen LogP contribution >= 0.6 is 0 Å². The fourth-order valence-corrected chi connectivity index (χ4v) is 2.44. The minimum atomic E-state index is -0.0497. The Hall–Kier alpha value is -1.79. The molecule has 2 rings (SSSR count). The molecule has 0 aliphatic heterocycles. The summed E-state index contributed by atoms with van der Waals surface area (Å²) < 4.78 is 0. The molecule has 0 spiro atoms. The van der Waals surface area contributed by atoms with Crippen LogP contribution in [0.5, 0.6) is 0 Å². The Morgan fingerprint density at radius 2 is 2.24 bits per heavy atom. The number of aliphatic hydroxyl groups is 1. The number of aryl methyl sites for hydroxylation is 1. The second kappa shape index (κ2) is 7.85. The van der Waals surface area contributed by atoms with Gasteiger partial charge < -0.3 is 10.4 Å². The van der Waals surface area contributed by atoms with Crippen LogP contribution in [0, 0.1) is 24.7 Å². The van der Waals surface area contributed by atoms with Crippen molar-refractivity contribution in [3.8, 4) is 11.8 Å². The fraction of sp³-hybridized carbons (Fsp3) is 0.500. The second-order valence-electron chi connectivity index (χ2n) is 5.67. The Morgan fingerprint density at radius 3 is 2.90 bits per heavy atom. The average molecular weight is 285 g/mol. The van der Waals surface area contributed by atoms with Gasteiger partial charge in [-0.1, -0.05) is 42.7 Å². The van der Waals surface area contributed by atoms with Crippen LogP contribution in [0.2, 0.25) is 0 Å². The standard InChI is InChI=1S/C18H23NO2/c1-14-8-9-16(7-2-3-12-20)17(13-14)18(21)19-11-10-15-5-4-6-15/h8-9,13,15,20H,3-6,10-12H2,1H3,(H,19,21). The molecule has 0 radical (unpaired) electrons. The summed E-state index contributed by atoms with van der Waals surface area (Å²) in [5.74, 6) is 6.60. The first-order valence-electron chi connectivity index (χ1n) is 7.69. The van der Waals surface area contributed by atoms with Crippen molar-refractivity contribution in [2.45, 2.75) is 39.0 Å². The molecule has 0 heterocycles. The molecule has 1 aliphatic rings. The molecule has 3 nitrogen and oxygen atoms in total.